The van der Waals surface area contributed by atoms with E-state index in [-0.39, 0.29) is 11.7 Å². The van der Waals surface area contributed by atoms with Crippen molar-refractivity contribution in [2.75, 3.05) is 26.3 Å². The van der Waals surface area contributed by atoms with E-state index >= 15 is 0 Å². The molecule has 25 heavy (non-hydrogen) atoms. The minimum Gasteiger partial charge on any atom is -0.468 e. The van der Waals surface area contributed by atoms with Crippen LogP contribution in [0.2, 0.25) is 0 Å². The van der Waals surface area contributed by atoms with E-state index in [0.717, 1.165) is 63.0 Å². The summed E-state index contributed by atoms with van der Waals surface area (Å²) in [6.45, 7) is 8.64. The normalized spacial score (nSPS) is 27.8. The van der Waals surface area contributed by atoms with Crippen LogP contribution in [0, 0.1) is 13.8 Å². The van der Waals surface area contributed by atoms with Crippen molar-refractivity contribution >= 4 is 0 Å². The van der Waals surface area contributed by atoms with Crippen LogP contribution >= 0.6 is 0 Å². The van der Waals surface area contributed by atoms with Gasteiger partial charge in [-0.25, -0.2) is 9.67 Å². The third-order valence-corrected chi connectivity index (χ3v) is 5.07. The summed E-state index contributed by atoms with van der Waals surface area (Å²) in [5.41, 5.74) is -0.225. The largest absolute Gasteiger partial charge is 0.468 e. The maximum Gasteiger partial charge on any atom is 0.147 e. The number of hydrogen-bond acceptors (Lipinski definition) is 6. The average molecular weight is 346 g/mol. The van der Waals surface area contributed by atoms with Crippen molar-refractivity contribution in [2.45, 2.75) is 51.5 Å². The summed E-state index contributed by atoms with van der Waals surface area (Å²) in [6.07, 6.45) is 3.92. The highest BCUT2D eigenvalue weighted by Gasteiger charge is 2.43. The molecule has 2 fully saturated rings. The molecular weight excluding hydrogens is 320 g/mol. The van der Waals surface area contributed by atoms with Crippen molar-refractivity contribution in [3.63, 3.8) is 0 Å². The SMILES string of the molecule is Cc1nc(C)n(CC2CCC3(COCCN(Cc4ccco4)C3)O2)n1. The monoisotopic (exact) mass is 346 g/mol. The van der Waals surface area contributed by atoms with Crippen LogP contribution in [0.3, 0.4) is 0 Å². The van der Waals surface area contributed by atoms with Gasteiger partial charge < -0.3 is 13.9 Å². The van der Waals surface area contributed by atoms with Crippen molar-refractivity contribution < 1.29 is 13.9 Å². The van der Waals surface area contributed by atoms with Gasteiger partial charge in [-0.3, -0.25) is 4.90 Å². The first-order chi connectivity index (χ1) is 12.1. The summed E-state index contributed by atoms with van der Waals surface area (Å²) in [5, 5.41) is 4.46. The summed E-state index contributed by atoms with van der Waals surface area (Å²) < 4.78 is 19.8. The van der Waals surface area contributed by atoms with Gasteiger partial charge in [0.25, 0.3) is 0 Å². The van der Waals surface area contributed by atoms with Gasteiger partial charge in [0, 0.05) is 13.1 Å². The molecule has 0 saturated carbocycles. The van der Waals surface area contributed by atoms with Gasteiger partial charge in [0.1, 0.15) is 23.0 Å². The van der Waals surface area contributed by atoms with Crippen molar-refractivity contribution in [1.82, 2.24) is 19.7 Å². The number of nitrogens with zero attached hydrogens (tertiary/aromatic N) is 4. The highest BCUT2D eigenvalue weighted by Crippen LogP contribution is 2.34. The molecule has 2 aliphatic heterocycles. The summed E-state index contributed by atoms with van der Waals surface area (Å²) >= 11 is 0. The first kappa shape index (κ1) is 16.8. The lowest BCUT2D eigenvalue weighted by molar-refractivity contribution is -0.0908. The minimum atomic E-state index is -0.225. The van der Waals surface area contributed by atoms with E-state index in [0.29, 0.717) is 6.61 Å². The summed E-state index contributed by atoms with van der Waals surface area (Å²) in [7, 11) is 0. The zero-order chi connectivity index (χ0) is 17.3. The van der Waals surface area contributed by atoms with Gasteiger partial charge in [-0.05, 0) is 38.8 Å². The third kappa shape index (κ3) is 3.78. The Morgan fingerprint density at radius 2 is 2.28 bits per heavy atom. The molecular formula is C18H26N4O3. The molecule has 4 heterocycles. The van der Waals surface area contributed by atoms with Gasteiger partial charge in [0.15, 0.2) is 0 Å². The summed E-state index contributed by atoms with van der Waals surface area (Å²) in [5.74, 6) is 2.74. The van der Waals surface area contributed by atoms with E-state index in [2.05, 4.69) is 15.0 Å². The Kier molecular flexibility index (Phi) is 4.62. The molecule has 2 aliphatic rings. The van der Waals surface area contributed by atoms with Crippen LogP contribution in [0.15, 0.2) is 22.8 Å². The van der Waals surface area contributed by atoms with E-state index in [9.17, 15) is 0 Å². The van der Waals surface area contributed by atoms with Crippen molar-refractivity contribution in [3.8, 4) is 0 Å². The molecule has 0 bridgehead atoms. The molecule has 0 aliphatic carbocycles. The van der Waals surface area contributed by atoms with Gasteiger partial charge in [-0.1, -0.05) is 0 Å². The second-order valence-corrected chi connectivity index (χ2v) is 7.19. The quantitative estimate of drug-likeness (QED) is 0.843. The molecule has 7 heteroatoms. The van der Waals surface area contributed by atoms with Crippen LogP contribution in [0.4, 0.5) is 0 Å². The summed E-state index contributed by atoms with van der Waals surface area (Å²) in [4.78, 5) is 6.75. The molecule has 7 nitrogen and oxygen atoms in total. The van der Waals surface area contributed by atoms with E-state index in [4.69, 9.17) is 13.9 Å². The lowest BCUT2D eigenvalue weighted by Gasteiger charge is -2.31. The highest BCUT2D eigenvalue weighted by molar-refractivity contribution is 5.00. The van der Waals surface area contributed by atoms with E-state index in [1.165, 1.54) is 0 Å². The van der Waals surface area contributed by atoms with Crippen LogP contribution in [0.25, 0.3) is 0 Å². The number of aryl methyl sites for hydroxylation is 2. The first-order valence-corrected chi connectivity index (χ1v) is 9.00. The fourth-order valence-corrected chi connectivity index (χ4v) is 3.92. The lowest BCUT2D eigenvalue weighted by atomic mass is 10.00. The zero-order valence-corrected chi connectivity index (χ0v) is 15.0. The molecule has 1 spiro atoms. The van der Waals surface area contributed by atoms with Gasteiger partial charge >= 0.3 is 0 Å². The molecule has 2 saturated heterocycles. The number of hydrogen-bond donors (Lipinski definition) is 0. The zero-order valence-electron chi connectivity index (χ0n) is 15.0. The topological polar surface area (TPSA) is 65.5 Å². The Morgan fingerprint density at radius 3 is 3.04 bits per heavy atom. The minimum absolute atomic E-state index is 0.159. The molecule has 2 atom stereocenters. The van der Waals surface area contributed by atoms with E-state index < -0.39 is 0 Å². The molecule has 0 N–H and O–H groups in total. The third-order valence-electron chi connectivity index (χ3n) is 5.07. The van der Waals surface area contributed by atoms with Crippen LogP contribution < -0.4 is 0 Å². The van der Waals surface area contributed by atoms with E-state index in [1.807, 2.05) is 30.7 Å². The van der Waals surface area contributed by atoms with Gasteiger partial charge in [-0.15, -0.1) is 0 Å². The maximum atomic E-state index is 6.50. The number of ether oxygens (including phenoxy) is 2. The summed E-state index contributed by atoms with van der Waals surface area (Å²) in [6, 6.07) is 3.95. The molecule has 0 aromatic carbocycles. The molecule has 4 rings (SSSR count). The van der Waals surface area contributed by atoms with Crippen molar-refractivity contribution in [3.05, 3.63) is 35.8 Å². The molecule has 2 aromatic heterocycles. The fourth-order valence-electron chi connectivity index (χ4n) is 3.92. The molecule has 0 amide bonds. The molecule has 0 radical (unpaired) electrons. The Bertz CT molecular complexity index is 699. The van der Waals surface area contributed by atoms with Crippen LogP contribution in [0.1, 0.15) is 30.3 Å². The predicted molar refractivity (Wildman–Crippen MR) is 91.1 cm³/mol. The predicted octanol–water partition coefficient (Wildman–Crippen LogP) is 1.94. The van der Waals surface area contributed by atoms with Gasteiger partial charge in [0.05, 0.1) is 38.7 Å². The highest BCUT2D eigenvalue weighted by atomic mass is 16.6. The molecule has 2 unspecified atom stereocenters. The first-order valence-electron chi connectivity index (χ1n) is 9.00. The standard InChI is InChI=1S/C18H26N4O3/c1-14-19-15(2)22(20-14)11-17-5-6-18(25-17)12-21(7-9-23-13-18)10-16-4-3-8-24-16/h3-4,8,17H,5-7,9-13H2,1-2H3. The number of furan rings is 1. The van der Waals surface area contributed by atoms with Crippen LogP contribution in [0.5, 0.6) is 0 Å². The Morgan fingerprint density at radius 1 is 1.36 bits per heavy atom. The van der Waals surface area contributed by atoms with E-state index in [1.54, 1.807) is 6.26 Å². The fraction of sp³-hybridized carbons (Fsp3) is 0.667. The Hall–Kier alpha value is -1.70. The molecule has 2 aromatic rings. The van der Waals surface area contributed by atoms with Crippen LogP contribution in [-0.4, -0.2) is 57.7 Å². The second-order valence-electron chi connectivity index (χ2n) is 7.19. The number of rotatable bonds is 4. The van der Waals surface area contributed by atoms with Crippen molar-refractivity contribution in [1.29, 1.82) is 0 Å². The molecule has 136 valence electrons. The maximum absolute atomic E-state index is 6.50. The average Bonchev–Trinajstić information content (AvgIpc) is 3.24. The Balaban J connectivity index is 1.41. The second kappa shape index (κ2) is 6.90. The number of aromatic nitrogens is 3. The smallest absolute Gasteiger partial charge is 0.147 e. The van der Waals surface area contributed by atoms with Gasteiger partial charge in [0.2, 0.25) is 0 Å². The lowest BCUT2D eigenvalue weighted by Crippen LogP contribution is -2.44. The Labute approximate surface area is 147 Å². The van der Waals surface area contributed by atoms with Crippen molar-refractivity contribution in [2.24, 2.45) is 0 Å². The van der Waals surface area contributed by atoms with Crippen LogP contribution in [-0.2, 0) is 22.6 Å². The van der Waals surface area contributed by atoms with Gasteiger partial charge in [-0.2, -0.15) is 5.10 Å².